The van der Waals surface area contributed by atoms with E-state index in [1.165, 1.54) is 32.4 Å². The lowest BCUT2D eigenvalue weighted by atomic mass is 10.1. The maximum absolute atomic E-state index is 11.6. The molecule has 0 aromatic carbocycles. The average Bonchev–Trinajstić information content (AvgIpc) is 2.82. The Morgan fingerprint density at radius 1 is 1.35 bits per heavy atom. The first kappa shape index (κ1) is 13.3. The molecule has 3 unspecified atom stereocenters. The van der Waals surface area contributed by atoms with Gasteiger partial charge in [0, 0.05) is 30.4 Å². The van der Waals surface area contributed by atoms with Gasteiger partial charge in [0.1, 0.15) is 0 Å². The predicted octanol–water partition coefficient (Wildman–Crippen LogP) is 0.636. The van der Waals surface area contributed by atoms with Crippen molar-refractivity contribution in [1.82, 2.24) is 10.2 Å². The minimum atomic E-state index is -2.86. The second-order valence-electron chi connectivity index (χ2n) is 5.41. The Labute approximate surface area is 105 Å². The van der Waals surface area contributed by atoms with E-state index in [1.807, 2.05) is 6.92 Å². The lowest BCUT2D eigenvalue weighted by molar-refractivity contribution is 0.293. The summed E-state index contributed by atoms with van der Waals surface area (Å²) >= 11 is 0. The van der Waals surface area contributed by atoms with E-state index in [9.17, 15) is 8.42 Å². The van der Waals surface area contributed by atoms with E-state index in [2.05, 4.69) is 10.2 Å². The zero-order valence-corrected chi connectivity index (χ0v) is 11.7. The molecule has 0 spiro atoms. The molecule has 2 fully saturated rings. The van der Waals surface area contributed by atoms with Crippen LogP contribution in [0.1, 0.15) is 33.1 Å². The summed E-state index contributed by atoms with van der Waals surface area (Å²) in [5.41, 5.74) is 0. The zero-order chi connectivity index (χ0) is 12.5. The first-order valence-electron chi connectivity index (χ1n) is 6.72. The Morgan fingerprint density at radius 2 is 2.12 bits per heavy atom. The van der Waals surface area contributed by atoms with Gasteiger partial charge in [-0.25, -0.2) is 8.42 Å². The second kappa shape index (κ2) is 5.24. The first-order valence-corrected chi connectivity index (χ1v) is 8.54. The van der Waals surface area contributed by atoms with Gasteiger partial charge in [-0.15, -0.1) is 0 Å². The normalized spacial score (nSPS) is 31.6. The fourth-order valence-electron chi connectivity index (χ4n) is 3.19. The van der Waals surface area contributed by atoms with Gasteiger partial charge in [-0.2, -0.15) is 0 Å². The summed E-state index contributed by atoms with van der Waals surface area (Å²) in [6.45, 7) is 6.11. The Bertz CT molecular complexity index is 356. The van der Waals surface area contributed by atoms with Crippen molar-refractivity contribution < 1.29 is 8.42 Å². The number of rotatable bonds is 5. The Kier molecular flexibility index (Phi) is 4.10. The van der Waals surface area contributed by atoms with E-state index >= 15 is 0 Å². The van der Waals surface area contributed by atoms with Crippen molar-refractivity contribution in [2.24, 2.45) is 0 Å². The molecule has 1 N–H and O–H groups in total. The Hall–Kier alpha value is -0.130. The van der Waals surface area contributed by atoms with Crippen molar-refractivity contribution in [2.45, 2.75) is 51.2 Å². The summed E-state index contributed by atoms with van der Waals surface area (Å²) in [4.78, 5) is 2.54. The average molecular weight is 260 g/mol. The van der Waals surface area contributed by atoms with Crippen LogP contribution in [0, 0.1) is 0 Å². The zero-order valence-electron chi connectivity index (χ0n) is 10.9. The van der Waals surface area contributed by atoms with E-state index in [-0.39, 0.29) is 17.5 Å². The fourth-order valence-corrected chi connectivity index (χ4v) is 4.28. The molecule has 0 aromatic heterocycles. The third kappa shape index (κ3) is 3.20. The van der Waals surface area contributed by atoms with Gasteiger partial charge < -0.3 is 5.32 Å². The van der Waals surface area contributed by atoms with Gasteiger partial charge in [-0.05, 0) is 32.7 Å². The summed E-state index contributed by atoms with van der Waals surface area (Å²) in [6.07, 6.45) is 3.73. The molecule has 100 valence electrons. The molecular formula is C12H24N2O2S. The van der Waals surface area contributed by atoms with Gasteiger partial charge in [0.2, 0.25) is 0 Å². The van der Waals surface area contributed by atoms with Crippen molar-refractivity contribution >= 4 is 9.84 Å². The molecule has 0 radical (unpaired) electrons. The van der Waals surface area contributed by atoms with E-state index in [1.54, 1.807) is 6.92 Å². The molecule has 2 heterocycles. The number of fused-ring (bicyclic) bond motifs is 1. The molecule has 17 heavy (non-hydrogen) atoms. The van der Waals surface area contributed by atoms with Crippen molar-refractivity contribution in [3.63, 3.8) is 0 Å². The number of sulfone groups is 1. The topological polar surface area (TPSA) is 49.4 Å². The van der Waals surface area contributed by atoms with Crippen LogP contribution >= 0.6 is 0 Å². The van der Waals surface area contributed by atoms with Gasteiger partial charge in [-0.3, -0.25) is 4.90 Å². The number of hydrogen-bond donors (Lipinski definition) is 1. The Morgan fingerprint density at radius 3 is 2.82 bits per heavy atom. The van der Waals surface area contributed by atoms with Crippen LogP contribution in [0.3, 0.4) is 0 Å². The quantitative estimate of drug-likeness (QED) is 0.788. The third-order valence-electron chi connectivity index (χ3n) is 4.05. The SMILES string of the molecule is CCS(=O)(=O)CC(C)NC1CCN2CCCC12. The van der Waals surface area contributed by atoms with E-state index in [0.717, 1.165) is 0 Å². The summed E-state index contributed by atoms with van der Waals surface area (Å²) in [7, 11) is -2.86. The third-order valence-corrected chi connectivity index (χ3v) is 5.94. The van der Waals surface area contributed by atoms with Crippen LogP contribution in [0.5, 0.6) is 0 Å². The molecule has 0 aromatic rings. The van der Waals surface area contributed by atoms with Crippen LogP contribution in [0.4, 0.5) is 0 Å². The van der Waals surface area contributed by atoms with Crippen LogP contribution in [0.15, 0.2) is 0 Å². The van der Waals surface area contributed by atoms with E-state index in [0.29, 0.717) is 12.1 Å². The van der Waals surface area contributed by atoms with Crippen molar-refractivity contribution in [3.05, 3.63) is 0 Å². The molecule has 5 heteroatoms. The Balaban J connectivity index is 1.85. The summed E-state index contributed by atoms with van der Waals surface area (Å²) in [5.74, 6) is 0.520. The fraction of sp³-hybridized carbons (Fsp3) is 1.00. The van der Waals surface area contributed by atoms with Crippen LogP contribution in [0.25, 0.3) is 0 Å². The van der Waals surface area contributed by atoms with E-state index in [4.69, 9.17) is 0 Å². The lowest BCUT2D eigenvalue weighted by Gasteiger charge is -2.24. The molecule has 2 rings (SSSR count). The molecule has 2 aliphatic heterocycles. The minimum absolute atomic E-state index is 0.0745. The van der Waals surface area contributed by atoms with Crippen LogP contribution in [-0.4, -0.2) is 56.0 Å². The van der Waals surface area contributed by atoms with Gasteiger partial charge >= 0.3 is 0 Å². The first-order chi connectivity index (χ1) is 8.02. The highest BCUT2D eigenvalue weighted by atomic mass is 32.2. The van der Waals surface area contributed by atoms with Crippen LogP contribution in [0.2, 0.25) is 0 Å². The summed E-state index contributed by atoms with van der Waals surface area (Å²) in [5, 5.41) is 3.52. The molecule has 0 amide bonds. The molecule has 0 saturated carbocycles. The lowest BCUT2D eigenvalue weighted by Crippen LogP contribution is -2.46. The summed E-state index contributed by atoms with van der Waals surface area (Å²) in [6, 6.07) is 1.23. The van der Waals surface area contributed by atoms with Crippen molar-refractivity contribution in [3.8, 4) is 0 Å². The minimum Gasteiger partial charge on any atom is -0.309 e. The van der Waals surface area contributed by atoms with E-state index < -0.39 is 9.84 Å². The highest BCUT2D eigenvalue weighted by molar-refractivity contribution is 7.91. The molecule has 4 nitrogen and oxygen atoms in total. The summed E-state index contributed by atoms with van der Waals surface area (Å²) < 4.78 is 23.1. The van der Waals surface area contributed by atoms with Gasteiger partial charge in [0.25, 0.3) is 0 Å². The number of hydrogen-bond acceptors (Lipinski definition) is 4. The van der Waals surface area contributed by atoms with Gasteiger partial charge in [-0.1, -0.05) is 6.92 Å². The highest BCUT2D eigenvalue weighted by Gasteiger charge is 2.37. The monoisotopic (exact) mass is 260 g/mol. The maximum Gasteiger partial charge on any atom is 0.151 e. The molecule has 2 aliphatic rings. The van der Waals surface area contributed by atoms with Crippen LogP contribution in [-0.2, 0) is 9.84 Å². The van der Waals surface area contributed by atoms with Crippen molar-refractivity contribution in [2.75, 3.05) is 24.6 Å². The molecular weight excluding hydrogens is 236 g/mol. The van der Waals surface area contributed by atoms with Crippen LogP contribution < -0.4 is 5.32 Å². The highest BCUT2D eigenvalue weighted by Crippen LogP contribution is 2.28. The largest absolute Gasteiger partial charge is 0.309 e. The standard InChI is InChI=1S/C12H24N2O2S/c1-3-17(15,16)9-10(2)13-11-6-8-14-7-4-5-12(11)14/h10-13H,3-9H2,1-2H3. The predicted molar refractivity (Wildman–Crippen MR) is 69.9 cm³/mol. The van der Waals surface area contributed by atoms with Crippen molar-refractivity contribution in [1.29, 1.82) is 0 Å². The number of nitrogens with one attached hydrogen (secondary N) is 1. The maximum atomic E-state index is 11.6. The van der Waals surface area contributed by atoms with Gasteiger partial charge in [0.05, 0.1) is 5.75 Å². The second-order valence-corrected chi connectivity index (χ2v) is 7.81. The van der Waals surface area contributed by atoms with Gasteiger partial charge in [0.15, 0.2) is 9.84 Å². The molecule has 0 aliphatic carbocycles. The smallest absolute Gasteiger partial charge is 0.151 e. The molecule has 0 bridgehead atoms. The molecule has 2 saturated heterocycles. The number of nitrogens with zero attached hydrogens (tertiary/aromatic N) is 1. The molecule has 3 atom stereocenters.